The Bertz CT molecular complexity index is 1330. The monoisotopic (exact) mass is 710 g/mol. The molecule has 0 bridgehead atoms. The molecule has 19 atom stereocenters. The third-order valence-electron chi connectivity index (χ3n) is 17.0. The summed E-state index contributed by atoms with van der Waals surface area (Å²) < 4.78 is 23.3. The summed E-state index contributed by atoms with van der Waals surface area (Å²) in [5, 5.41) is 75.8. The molecule has 7 N–H and O–H groups in total. The lowest BCUT2D eigenvalue weighted by atomic mass is 9.41. The van der Waals surface area contributed by atoms with Gasteiger partial charge in [-0.3, -0.25) is 4.79 Å². The maximum absolute atomic E-state index is 14.2. The van der Waals surface area contributed by atoms with Crippen molar-refractivity contribution in [1.82, 2.24) is 0 Å². The number of hydrogen-bond donors (Lipinski definition) is 7. The first-order valence-corrected chi connectivity index (χ1v) is 19.1. The van der Waals surface area contributed by atoms with E-state index in [-0.39, 0.29) is 46.5 Å². The molecule has 2 aliphatic heterocycles. The molecule has 12 nitrogen and oxygen atoms in total. The molecule has 0 aromatic heterocycles. The van der Waals surface area contributed by atoms with Crippen molar-refractivity contribution in [2.45, 2.75) is 160 Å². The van der Waals surface area contributed by atoms with Gasteiger partial charge in [0.25, 0.3) is 0 Å². The molecule has 19 unspecified atom stereocenters. The van der Waals surface area contributed by atoms with Crippen LogP contribution in [0.1, 0.15) is 99.3 Å². The molecule has 7 aliphatic rings. The molecule has 2 saturated heterocycles. The molecule has 0 aromatic rings. The topological polar surface area (TPSA) is 196 Å². The minimum Gasteiger partial charge on any atom is -0.432 e. The number of hydrogen-bond acceptors (Lipinski definition) is 12. The van der Waals surface area contributed by atoms with Gasteiger partial charge in [-0.1, -0.05) is 34.6 Å². The van der Waals surface area contributed by atoms with Crippen molar-refractivity contribution in [3.8, 4) is 0 Å². The van der Waals surface area contributed by atoms with E-state index in [9.17, 15) is 40.5 Å². The highest BCUT2D eigenvalue weighted by Gasteiger charge is 2.86. The van der Waals surface area contributed by atoms with Crippen molar-refractivity contribution >= 4 is 5.97 Å². The highest BCUT2D eigenvalue weighted by atomic mass is 16.7. The van der Waals surface area contributed by atoms with Crippen LogP contribution in [-0.2, 0) is 23.7 Å². The molecule has 0 radical (unpaired) electrons. The van der Waals surface area contributed by atoms with Crippen LogP contribution in [0, 0.1) is 56.7 Å². The number of carbonyl (C=O) groups excluding carboxylic acids is 1. The van der Waals surface area contributed by atoms with E-state index in [1.165, 1.54) is 0 Å². The van der Waals surface area contributed by atoms with Crippen LogP contribution in [0.3, 0.4) is 0 Å². The van der Waals surface area contributed by atoms with Gasteiger partial charge in [0, 0.05) is 25.4 Å². The number of aliphatic hydroxyl groups is 7. The zero-order chi connectivity index (χ0) is 36.6. The fourth-order valence-electron chi connectivity index (χ4n) is 13.7. The molecule has 2 spiro atoms. The predicted molar refractivity (Wildman–Crippen MR) is 178 cm³/mol. The van der Waals surface area contributed by atoms with Gasteiger partial charge in [-0.2, -0.15) is 0 Å². The molecule has 5 saturated carbocycles. The summed E-state index contributed by atoms with van der Waals surface area (Å²) in [5.41, 5.74) is -3.21. The van der Waals surface area contributed by atoms with E-state index < -0.39 is 78.2 Å². The van der Waals surface area contributed by atoms with Gasteiger partial charge in [-0.05, 0) is 97.7 Å². The Kier molecular flexibility index (Phi) is 9.00. The molecule has 5 aliphatic carbocycles. The van der Waals surface area contributed by atoms with Crippen LogP contribution >= 0.6 is 0 Å². The lowest BCUT2D eigenvalue weighted by Gasteiger charge is -2.64. The molecular formula is C38H62O12. The van der Waals surface area contributed by atoms with Crippen LogP contribution in [0.25, 0.3) is 0 Å². The van der Waals surface area contributed by atoms with Crippen molar-refractivity contribution in [1.29, 1.82) is 0 Å². The Balaban J connectivity index is 1.14. The van der Waals surface area contributed by atoms with E-state index in [2.05, 4.69) is 20.8 Å². The third kappa shape index (κ3) is 4.56. The van der Waals surface area contributed by atoms with Gasteiger partial charge in [-0.25, -0.2) is 0 Å². The standard InChI is InChI=1S/C38H62O12/c1-18(2)38(46)15-21(49-32(38)47-7)19(3)20-10-11-34(5)23-8-9-24-35(6,31(45)50-30-29(44)28(43)27(42)22(16-39)48-30)25(40)14-26(41)37(24)17-36(23,37)13-12-33(20,34)4/h18-30,32,39-44,46H,8-17H2,1-7H3. The van der Waals surface area contributed by atoms with E-state index in [1.54, 1.807) is 14.0 Å². The smallest absolute Gasteiger partial charge is 0.317 e. The van der Waals surface area contributed by atoms with Crippen LogP contribution in [0.2, 0.25) is 0 Å². The minimum absolute atomic E-state index is 0.00783. The van der Waals surface area contributed by atoms with Crippen molar-refractivity contribution in [2.75, 3.05) is 13.7 Å². The number of ether oxygens (including phenoxy) is 4. The molecule has 12 heteroatoms. The summed E-state index contributed by atoms with van der Waals surface area (Å²) in [4.78, 5) is 14.2. The number of fused-ring (bicyclic) bond motifs is 2. The van der Waals surface area contributed by atoms with Gasteiger partial charge in [-0.15, -0.1) is 0 Å². The summed E-state index contributed by atoms with van der Waals surface area (Å²) in [6.45, 7) is 12.3. The van der Waals surface area contributed by atoms with Crippen molar-refractivity contribution in [3.63, 3.8) is 0 Å². The second-order valence-corrected chi connectivity index (χ2v) is 18.6. The van der Waals surface area contributed by atoms with Crippen LogP contribution in [0.4, 0.5) is 0 Å². The first kappa shape index (κ1) is 37.4. The Hall–Kier alpha value is -0.930. The normalized spacial score (nSPS) is 57.7. The maximum Gasteiger partial charge on any atom is 0.317 e. The van der Waals surface area contributed by atoms with Gasteiger partial charge in [0.05, 0.1) is 30.3 Å². The van der Waals surface area contributed by atoms with Crippen LogP contribution < -0.4 is 0 Å². The molecule has 0 aromatic carbocycles. The zero-order valence-electron chi connectivity index (χ0n) is 30.8. The van der Waals surface area contributed by atoms with E-state index in [0.29, 0.717) is 24.7 Å². The third-order valence-corrected chi connectivity index (χ3v) is 17.0. The SMILES string of the molecule is COC1OC(C(C)C2CCC3(C)C4CCC5C(C)(C(=O)OC6OC(CO)C(O)C(O)C6O)C(O)CC(O)C56CC46CCC23C)CC1(O)C(C)C. The predicted octanol–water partition coefficient (Wildman–Crippen LogP) is 1.87. The molecule has 2 heterocycles. The number of rotatable bonds is 7. The highest BCUT2D eigenvalue weighted by Crippen LogP contribution is 2.89. The van der Waals surface area contributed by atoms with Gasteiger partial charge >= 0.3 is 5.97 Å². The number of methoxy groups -OCH3 is 1. The summed E-state index contributed by atoms with van der Waals surface area (Å²) in [5.74, 6) is -0.252. The van der Waals surface area contributed by atoms with Gasteiger partial charge in [0.15, 0.2) is 6.29 Å². The van der Waals surface area contributed by atoms with Crippen molar-refractivity contribution in [3.05, 3.63) is 0 Å². The fraction of sp³-hybridized carbons (Fsp3) is 0.974. The second-order valence-electron chi connectivity index (χ2n) is 18.6. The molecule has 50 heavy (non-hydrogen) atoms. The summed E-state index contributed by atoms with van der Waals surface area (Å²) in [7, 11) is 1.60. The van der Waals surface area contributed by atoms with E-state index in [0.717, 1.165) is 38.5 Å². The van der Waals surface area contributed by atoms with E-state index in [1.807, 2.05) is 13.8 Å². The fourth-order valence-corrected chi connectivity index (χ4v) is 13.7. The highest BCUT2D eigenvalue weighted by molar-refractivity contribution is 5.78. The Morgan fingerprint density at radius 1 is 0.860 bits per heavy atom. The summed E-state index contributed by atoms with van der Waals surface area (Å²) >= 11 is 0. The maximum atomic E-state index is 14.2. The van der Waals surface area contributed by atoms with E-state index in [4.69, 9.17) is 18.9 Å². The minimum atomic E-state index is -1.74. The first-order chi connectivity index (χ1) is 23.3. The summed E-state index contributed by atoms with van der Waals surface area (Å²) in [6.07, 6.45) is -3.86. The Morgan fingerprint density at radius 3 is 2.16 bits per heavy atom. The zero-order valence-corrected chi connectivity index (χ0v) is 30.8. The molecule has 7 rings (SSSR count). The Labute approximate surface area is 295 Å². The Morgan fingerprint density at radius 2 is 1.54 bits per heavy atom. The van der Waals surface area contributed by atoms with Crippen molar-refractivity contribution < 1.29 is 59.5 Å². The molecule has 7 fully saturated rings. The van der Waals surface area contributed by atoms with Crippen LogP contribution in [0.5, 0.6) is 0 Å². The quantitative estimate of drug-likeness (QED) is 0.190. The van der Waals surface area contributed by atoms with Gasteiger partial charge in [0.2, 0.25) is 6.29 Å². The average Bonchev–Trinajstić information content (AvgIpc) is 3.53. The van der Waals surface area contributed by atoms with E-state index >= 15 is 0 Å². The van der Waals surface area contributed by atoms with Gasteiger partial charge < -0.3 is 54.7 Å². The first-order valence-electron chi connectivity index (χ1n) is 19.1. The lowest BCUT2D eigenvalue weighted by molar-refractivity contribution is -0.300. The number of esters is 1. The van der Waals surface area contributed by atoms with Gasteiger partial charge in [0.1, 0.15) is 30.0 Å². The molecular weight excluding hydrogens is 648 g/mol. The lowest BCUT2D eigenvalue weighted by Crippen LogP contribution is -2.65. The van der Waals surface area contributed by atoms with Crippen LogP contribution in [-0.4, -0.2) is 116 Å². The number of carbonyl (C=O) groups is 1. The second kappa shape index (κ2) is 12.0. The molecule has 286 valence electrons. The largest absolute Gasteiger partial charge is 0.432 e. The summed E-state index contributed by atoms with van der Waals surface area (Å²) in [6, 6.07) is 0. The van der Waals surface area contributed by atoms with Crippen molar-refractivity contribution in [2.24, 2.45) is 56.7 Å². The number of aliphatic hydroxyl groups excluding tert-OH is 6. The molecule has 0 amide bonds. The van der Waals surface area contributed by atoms with Crippen LogP contribution in [0.15, 0.2) is 0 Å². The average molecular weight is 711 g/mol.